The summed E-state index contributed by atoms with van der Waals surface area (Å²) in [5.74, 6) is 5.47. The molecule has 20 heavy (non-hydrogen) atoms. The van der Waals surface area contributed by atoms with Gasteiger partial charge in [0.2, 0.25) is 0 Å². The molecular formula is C18H32N2. The number of piperidine rings is 1. The molecule has 0 aromatic carbocycles. The summed E-state index contributed by atoms with van der Waals surface area (Å²) in [7, 11) is 0. The molecule has 4 bridgehead atoms. The molecule has 0 radical (unpaired) electrons. The van der Waals surface area contributed by atoms with E-state index in [2.05, 4.69) is 10.2 Å². The number of rotatable bonds is 5. The van der Waals surface area contributed by atoms with Crippen LogP contribution in [-0.4, -0.2) is 37.6 Å². The minimum Gasteiger partial charge on any atom is -0.315 e. The molecule has 2 heteroatoms. The fourth-order valence-corrected chi connectivity index (χ4v) is 6.06. The van der Waals surface area contributed by atoms with E-state index >= 15 is 0 Å². The normalized spacial score (nSPS) is 44.1. The maximum atomic E-state index is 3.82. The van der Waals surface area contributed by atoms with Gasteiger partial charge in [-0.05, 0) is 94.2 Å². The van der Waals surface area contributed by atoms with Gasteiger partial charge >= 0.3 is 0 Å². The first kappa shape index (κ1) is 13.6. The molecule has 5 fully saturated rings. The summed E-state index contributed by atoms with van der Waals surface area (Å²) in [6.45, 7) is 6.53. The van der Waals surface area contributed by atoms with E-state index in [0.717, 1.165) is 29.6 Å². The second kappa shape index (κ2) is 5.96. The van der Waals surface area contributed by atoms with Gasteiger partial charge in [-0.15, -0.1) is 0 Å². The van der Waals surface area contributed by atoms with Crippen LogP contribution in [-0.2, 0) is 0 Å². The summed E-state index contributed by atoms with van der Waals surface area (Å²) in [4.78, 5) is 2.66. The molecular weight excluding hydrogens is 244 g/mol. The maximum Gasteiger partial charge on any atom is 0.0107 e. The lowest BCUT2D eigenvalue weighted by molar-refractivity contribution is -0.0355. The quantitative estimate of drug-likeness (QED) is 0.776. The number of nitrogens with one attached hydrogen (secondary N) is 1. The molecule has 1 N–H and O–H groups in total. The third-order valence-electron chi connectivity index (χ3n) is 6.86. The topological polar surface area (TPSA) is 15.3 Å². The Kier molecular flexibility index (Phi) is 4.05. The number of nitrogens with zero attached hydrogens (tertiary/aromatic N) is 1. The lowest BCUT2D eigenvalue weighted by Gasteiger charge is -2.54. The van der Waals surface area contributed by atoms with Gasteiger partial charge in [0.05, 0.1) is 0 Å². The van der Waals surface area contributed by atoms with Crippen molar-refractivity contribution in [3.05, 3.63) is 0 Å². The summed E-state index contributed by atoms with van der Waals surface area (Å²) >= 11 is 0. The zero-order valence-electron chi connectivity index (χ0n) is 13.0. The Morgan fingerprint density at radius 1 is 0.800 bits per heavy atom. The minimum atomic E-state index is 1.03. The van der Waals surface area contributed by atoms with Gasteiger partial charge in [-0.1, -0.05) is 6.42 Å². The van der Waals surface area contributed by atoms with Gasteiger partial charge in [0.15, 0.2) is 0 Å². The van der Waals surface area contributed by atoms with Crippen molar-refractivity contribution < 1.29 is 0 Å². The first-order valence-electron chi connectivity index (χ1n) is 9.31. The average Bonchev–Trinajstić information content (AvgIpc) is 2.46. The Morgan fingerprint density at radius 3 is 2.10 bits per heavy atom. The van der Waals surface area contributed by atoms with E-state index in [-0.39, 0.29) is 0 Å². The molecule has 0 aromatic rings. The van der Waals surface area contributed by atoms with Gasteiger partial charge in [-0.25, -0.2) is 0 Å². The lowest BCUT2D eigenvalue weighted by atomic mass is 9.52. The van der Waals surface area contributed by atoms with Crippen LogP contribution in [0.3, 0.4) is 0 Å². The van der Waals surface area contributed by atoms with Gasteiger partial charge in [-0.3, -0.25) is 0 Å². The first-order valence-corrected chi connectivity index (χ1v) is 9.31. The Morgan fingerprint density at radius 2 is 1.45 bits per heavy atom. The van der Waals surface area contributed by atoms with E-state index in [1.165, 1.54) is 52.0 Å². The monoisotopic (exact) mass is 276 g/mol. The van der Waals surface area contributed by atoms with Crippen LogP contribution in [0.2, 0.25) is 0 Å². The highest BCUT2D eigenvalue weighted by molar-refractivity contribution is 4.98. The van der Waals surface area contributed by atoms with Crippen LogP contribution in [0.5, 0.6) is 0 Å². The fraction of sp³-hybridized carbons (Fsp3) is 1.00. The molecule has 5 aliphatic rings. The molecule has 0 atom stereocenters. The Hall–Kier alpha value is -0.0800. The maximum absolute atomic E-state index is 3.82. The number of hydrogen-bond donors (Lipinski definition) is 1. The molecule has 1 aliphatic heterocycles. The number of likely N-dealkylation sites (tertiary alicyclic amines) is 1. The molecule has 0 aromatic heterocycles. The third kappa shape index (κ3) is 2.78. The van der Waals surface area contributed by atoms with Crippen LogP contribution in [0, 0.1) is 29.6 Å². The average molecular weight is 276 g/mol. The Balaban J connectivity index is 1.20. The smallest absolute Gasteiger partial charge is 0.0107 e. The van der Waals surface area contributed by atoms with Crippen molar-refractivity contribution in [1.82, 2.24) is 10.2 Å². The molecule has 1 saturated heterocycles. The standard InChI is InChI=1S/C18H32N2/c1-2-5-20(6-3-1)7-4-19-13-18-16-9-14-8-15(11-16)12-17(18)10-14/h14-19H,1-13H2. The van der Waals surface area contributed by atoms with Gasteiger partial charge in [0, 0.05) is 13.1 Å². The van der Waals surface area contributed by atoms with Crippen LogP contribution < -0.4 is 5.32 Å². The molecule has 114 valence electrons. The van der Waals surface area contributed by atoms with Gasteiger partial charge in [0.25, 0.3) is 0 Å². The zero-order chi connectivity index (χ0) is 13.4. The van der Waals surface area contributed by atoms with Crippen LogP contribution in [0.15, 0.2) is 0 Å². The van der Waals surface area contributed by atoms with E-state index < -0.39 is 0 Å². The summed E-state index contributed by atoms with van der Waals surface area (Å²) in [5, 5.41) is 3.82. The summed E-state index contributed by atoms with van der Waals surface area (Å²) in [6, 6.07) is 0. The largest absolute Gasteiger partial charge is 0.315 e. The second-order valence-electron chi connectivity index (χ2n) is 8.20. The third-order valence-corrected chi connectivity index (χ3v) is 6.86. The van der Waals surface area contributed by atoms with E-state index in [0.29, 0.717) is 0 Å². The summed E-state index contributed by atoms with van der Waals surface area (Å²) in [5.41, 5.74) is 0. The zero-order valence-corrected chi connectivity index (χ0v) is 13.0. The van der Waals surface area contributed by atoms with Gasteiger partial charge < -0.3 is 10.2 Å². The highest BCUT2D eigenvalue weighted by Gasteiger charge is 2.47. The highest BCUT2D eigenvalue weighted by Crippen LogP contribution is 2.56. The first-order chi connectivity index (χ1) is 9.88. The molecule has 0 unspecified atom stereocenters. The summed E-state index contributed by atoms with van der Waals surface area (Å²) < 4.78 is 0. The van der Waals surface area contributed by atoms with Crippen molar-refractivity contribution in [3.8, 4) is 0 Å². The molecule has 2 nitrogen and oxygen atoms in total. The van der Waals surface area contributed by atoms with Crippen molar-refractivity contribution in [3.63, 3.8) is 0 Å². The minimum absolute atomic E-state index is 1.03. The van der Waals surface area contributed by atoms with Crippen LogP contribution >= 0.6 is 0 Å². The van der Waals surface area contributed by atoms with Crippen molar-refractivity contribution in [1.29, 1.82) is 0 Å². The molecule has 0 amide bonds. The van der Waals surface area contributed by atoms with E-state index in [9.17, 15) is 0 Å². The Bertz CT molecular complexity index is 293. The fourth-order valence-electron chi connectivity index (χ4n) is 6.06. The van der Waals surface area contributed by atoms with Crippen molar-refractivity contribution >= 4 is 0 Å². The van der Waals surface area contributed by atoms with Crippen molar-refractivity contribution in [2.45, 2.75) is 51.4 Å². The molecule has 5 rings (SSSR count). The number of hydrogen-bond acceptors (Lipinski definition) is 2. The highest BCUT2D eigenvalue weighted by atomic mass is 15.1. The lowest BCUT2D eigenvalue weighted by Crippen LogP contribution is -2.49. The SMILES string of the molecule is C1CCN(CCNCC2C3CC4CC(C3)CC2C4)CC1. The summed E-state index contributed by atoms with van der Waals surface area (Å²) in [6.07, 6.45) is 12.2. The van der Waals surface area contributed by atoms with Crippen LogP contribution in [0.1, 0.15) is 51.4 Å². The van der Waals surface area contributed by atoms with Gasteiger partial charge in [-0.2, -0.15) is 0 Å². The van der Waals surface area contributed by atoms with Gasteiger partial charge in [0.1, 0.15) is 0 Å². The van der Waals surface area contributed by atoms with E-state index in [4.69, 9.17) is 0 Å². The van der Waals surface area contributed by atoms with Crippen molar-refractivity contribution in [2.24, 2.45) is 29.6 Å². The van der Waals surface area contributed by atoms with Crippen LogP contribution in [0.25, 0.3) is 0 Å². The second-order valence-corrected chi connectivity index (χ2v) is 8.20. The van der Waals surface area contributed by atoms with Crippen LogP contribution in [0.4, 0.5) is 0 Å². The predicted molar refractivity (Wildman–Crippen MR) is 83.7 cm³/mol. The van der Waals surface area contributed by atoms with Crippen molar-refractivity contribution in [2.75, 3.05) is 32.7 Å². The predicted octanol–water partition coefficient (Wildman–Crippen LogP) is 3.13. The van der Waals surface area contributed by atoms with E-state index in [1.807, 2.05) is 0 Å². The molecule has 4 aliphatic carbocycles. The molecule has 0 spiro atoms. The van der Waals surface area contributed by atoms with E-state index in [1.54, 1.807) is 32.1 Å². The Labute approximate surface area is 124 Å². The molecule has 1 heterocycles. The molecule has 4 saturated carbocycles.